The van der Waals surface area contributed by atoms with Gasteiger partial charge in [-0.2, -0.15) is 0 Å². The number of hydrogen-bond donors (Lipinski definition) is 2. The normalized spacial score (nSPS) is 9.57. The predicted octanol–water partition coefficient (Wildman–Crippen LogP) is 1.28. The standard InChI is InChI=1S/C8H11N3O3/c1-2-14-6-3-4-7(10-9)8(5-6)11(12)13/h3-5,10H,2,9H2,1H3. The molecule has 0 aliphatic carbocycles. The fourth-order valence-corrected chi connectivity index (χ4v) is 1.04. The summed E-state index contributed by atoms with van der Waals surface area (Å²) < 4.78 is 5.12. The van der Waals surface area contributed by atoms with E-state index in [0.717, 1.165) is 0 Å². The first-order valence-corrected chi connectivity index (χ1v) is 4.07. The van der Waals surface area contributed by atoms with Gasteiger partial charge in [0, 0.05) is 0 Å². The average molecular weight is 197 g/mol. The highest BCUT2D eigenvalue weighted by Crippen LogP contribution is 2.28. The molecule has 76 valence electrons. The first-order chi connectivity index (χ1) is 6.69. The Bertz CT molecular complexity index is 341. The van der Waals surface area contributed by atoms with Crippen LogP contribution in [0, 0.1) is 10.1 Å². The molecule has 0 heterocycles. The Morgan fingerprint density at radius 2 is 2.36 bits per heavy atom. The van der Waals surface area contributed by atoms with Crippen LogP contribution in [-0.4, -0.2) is 11.5 Å². The molecule has 14 heavy (non-hydrogen) atoms. The molecular formula is C8H11N3O3. The average Bonchev–Trinajstić information content (AvgIpc) is 2.18. The Hall–Kier alpha value is -1.82. The van der Waals surface area contributed by atoms with E-state index in [1.165, 1.54) is 12.1 Å². The number of nitro benzene ring substituents is 1. The molecule has 0 saturated heterocycles. The van der Waals surface area contributed by atoms with Crippen LogP contribution in [0.25, 0.3) is 0 Å². The Kier molecular flexibility index (Phi) is 3.24. The van der Waals surface area contributed by atoms with E-state index in [0.29, 0.717) is 12.4 Å². The van der Waals surface area contributed by atoms with Gasteiger partial charge in [-0.1, -0.05) is 0 Å². The third kappa shape index (κ3) is 2.11. The summed E-state index contributed by atoms with van der Waals surface area (Å²) in [5.41, 5.74) is 2.41. The zero-order chi connectivity index (χ0) is 10.6. The molecule has 0 atom stereocenters. The van der Waals surface area contributed by atoms with E-state index in [1.54, 1.807) is 13.0 Å². The topological polar surface area (TPSA) is 90.4 Å². The number of anilines is 1. The molecule has 0 radical (unpaired) electrons. The fourth-order valence-electron chi connectivity index (χ4n) is 1.04. The minimum absolute atomic E-state index is 0.0987. The van der Waals surface area contributed by atoms with Crippen LogP contribution >= 0.6 is 0 Å². The summed E-state index contributed by atoms with van der Waals surface area (Å²) in [5, 5.41) is 10.6. The SMILES string of the molecule is CCOc1ccc(NN)c([N+](=O)[O-])c1. The first-order valence-electron chi connectivity index (χ1n) is 4.07. The van der Waals surface area contributed by atoms with Crippen LogP contribution in [-0.2, 0) is 0 Å². The Labute approximate surface area is 80.8 Å². The molecule has 6 heteroatoms. The smallest absolute Gasteiger partial charge is 0.297 e. The van der Waals surface area contributed by atoms with E-state index in [4.69, 9.17) is 10.6 Å². The highest BCUT2D eigenvalue weighted by molar-refractivity contribution is 5.63. The molecule has 0 fully saturated rings. The molecule has 1 aromatic rings. The molecular weight excluding hydrogens is 186 g/mol. The lowest BCUT2D eigenvalue weighted by Gasteiger charge is -2.05. The Morgan fingerprint density at radius 1 is 1.64 bits per heavy atom. The van der Waals surface area contributed by atoms with Crippen molar-refractivity contribution < 1.29 is 9.66 Å². The van der Waals surface area contributed by atoms with Crippen molar-refractivity contribution in [2.75, 3.05) is 12.0 Å². The lowest BCUT2D eigenvalue weighted by molar-refractivity contribution is -0.384. The lowest BCUT2D eigenvalue weighted by atomic mass is 10.2. The highest BCUT2D eigenvalue weighted by atomic mass is 16.6. The van der Waals surface area contributed by atoms with Crippen molar-refractivity contribution in [1.82, 2.24) is 0 Å². The third-order valence-electron chi connectivity index (χ3n) is 1.63. The van der Waals surface area contributed by atoms with Crippen molar-refractivity contribution in [3.63, 3.8) is 0 Å². The second-order valence-corrected chi connectivity index (χ2v) is 2.51. The van der Waals surface area contributed by atoms with Gasteiger partial charge in [0.1, 0.15) is 11.4 Å². The first kappa shape index (κ1) is 10.3. The molecule has 0 amide bonds. The summed E-state index contributed by atoms with van der Waals surface area (Å²) in [6.45, 7) is 2.27. The molecule has 1 aromatic carbocycles. The number of nitrogens with two attached hydrogens (primary N) is 1. The van der Waals surface area contributed by atoms with Crippen molar-refractivity contribution in [2.24, 2.45) is 5.84 Å². The number of nitrogen functional groups attached to an aromatic ring is 1. The number of nitro groups is 1. The molecule has 6 nitrogen and oxygen atoms in total. The van der Waals surface area contributed by atoms with Crippen LogP contribution in [0.3, 0.4) is 0 Å². The minimum Gasteiger partial charge on any atom is -0.494 e. The quantitative estimate of drug-likeness (QED) is 0.431. The van der Waals surface area contributed by atoms with Gasteiger partial charge < -0.3 is 10.2 Å². The van der Waals surface area contributed by atoms with E-state index in [-0.39, 0.29) is 11.4 Å². The third-order valence-corrected chi connectivity index (χ3v) is 1.63. The summed E-state index contributed by atoms with van der Waals surface area (Å²) in [6.07, 6.45) is 0. The maximum atomic E-state index is 10.6. The second-order valence-electron chi connectivity index (χ2n) is 2.51. The number of nitrogens with one attached hydrogen (secondary N) is 1. The van der Waals surface area contributed by atoms with E-state index in [1.807, 2.05) is 0 Å². The van der Waals surface area contributed by atoms with Gasteiger partial charge in [0.05, 0.1) is 17.6 Å². The number of ether oxygens (including phenoxy) is 1. The molecule has 0 spiro atoms. The summed E-state index contributed by atoms with van der Waals surface area (Å²) in [5.74, 6) is 5.57. The molecule has 3 N–H and O–H groups in total. The van der Waals surface area contributed by atoms with Gasteiger partial charge in [0.15, 0.2) is 0 Å². The molecule has 0 bridgehead atoms. The van der Waals surface area contributed by atoms with Crippen molar-refractivity contribution in [3.05, 3.63) is 28.3 Å². The van der Waals surface area contributed by atoms with Crippen LogP contribution in [0.1, 0.15) is 6.92 Å². The zero-order valence-corrected chi connectivity index (χ0v) is 7.69. The molecule has 0 unspecified atom stereocenters. The van der Waals surface area contributed by atoms with Gasteiger partial charge in [-0.05, 0) is 19.1 Å². The van der Waals surface area contributed by atoms with Crippen LogP contribution in [0.5, 0.6) is 5.75 Å². The van der Waals surface area contributed by atoms with Crippen molar-refractivity contribution in [1.29, 1.82) is 0 Å². The summed E-state index contributed by atoms with van der Waals surface area (Å²) in [4.78, 5) is 10.1. The highest BCUT2D eigenvalue weighted by Gasteiger charge is 2.13. The lowest BCUT2D eigenvalue weighted by Crippen LogP contribution is -2.09. The van der Waals surface area contributed by atoms with E-state index >= 15 is 0 Å². The minimum atomic E-state index is -0.516. The number of hydrogen-bond acceptors (Lipinski definition) is 5. The van der Waals surface area contributed by atoms with Gasteiger partial charge in [-0.3, -0.25) is 16.0 Å². The predicted molar refractivity (Wildman–Crippen MR) is 52.1 cm³/mol. The van der Waals surface area contributed by atoms with Crippen LogP contribution in [0.4, 0.5) is 11.4 Å². The summed E-state index contributed by atoms with van der Waals surface area (Å²) >= 11 is 0. The number of nitrogens with zero attached hydrogens (tertiary/aromatic N) is 1. The van der Waals surface area contributed by atoms with Gasteiger partial charge in [-0.25, -0.2) is 0 Å². The summed E-state index contributed by atoms with van der Waals surface area (Å²) in [6, 6.07) is 4.45. The van der Waals surface area contributed by atoms with Crippen LogP contribution < -0.4 is 16.0 Å². The maximum Gasteiger partial charge on any atom is 0.297 e. The number of benzene rings is 1. The van der Waals surface area contributed by atoms with Crippen LogP contribution in [0.15, 0.2) is 18.2 Å². The largest absolute Gasteiger partial charge is 0.494 e. The molecule has 0 aliphatic rings. The molecule has 1 rings (SSSR count). The van der Waals surface area contributed by atoms with Crippen LogP contribution in [0.2, 0.25) is 0 Å². The van der Waals surface area contributed by atoms with Gasteiger partial charge in [0.25, 0.3) is 5.69 Å². The van der Waals surface area contributed by atoms with E-state index < -0.39 is 4.92 Å². The Morgan fingerprint density at radius 3 is 2.86 bits per heavy atom. The van der Waals surface area contributed by atoms with E-state index in [2.05, 4.69) is 5.43 Å². The van der Waals surface area contributed by atoms with Crippen molar-refractivity contribution in [3.8, 4) is 5.75 Å². The number of hydrazine groups is 1. The van der Waals surface area contributed by atoms with Gasteiger partial charge >= 0.3 is 0 Å². The maximum absolute atomic E-state index is 10.6. The molecule has 0 aromatic heterocycles. The zero-order valence-electron chi connectivity index (χ0n) is 7.69. The molecule has 0 saturated carbocycles. The molecule has 0 aliphatic heterocycles. The Balaban J connectivity index is 3.07. The van der Waals surface area contributed by atoms with Gasteiger partial charge in [-0.15, -0.1) is 0 Å². The van der Waals surface area contributed by atoms with Crippen molar-refractivity contribution in [2.45, 2.75) is 6.92 Å². The van der Waals surface area contributed by atoms with E-state index in [9.17, 15) is 10.1 Å². The monoisotopic (exact) mass is 197 g/mol. The van der Waals surface area contributed by atoms with Gasteiger partial charge in [0.2, 0.25) is 0 Å². The summed E-state index contributed by atoms with van der Waals surface area (Å²) in [7, 11) is 0. The second kappa shape index (κ2) is 4.43. The van der Waals surface area contributed by atoms with Crippen molar-refractivity contribution >= 4 is 11.4 Å². The number of rotatable bonds is 4. The fraction of sp³-hybridized carbons (Fsp3) is 0.250.